The Bertz CT molecular complexity index is 557. The summed E-state index contributed by atoms with van der Waals surface area (Å²) in [4.78, 5) is 0. The normalized spacial score (nSPS) is 32.9. The van der Waals surface area contributed by atoms with Gasteiger partial charge in [0.25, 0.3) is 10.0 Å². The second kappa shape index (κ2) is 4.45. The lowest BCUT2D eigenvalue weighted by molar-refractivity contribution is 0.361. The molecular weight excluding hydrogens is 292 g/mol. The van der Waals surface area contributed by atoms with Gasteiger partial charge in [0.1, 0.15) is 4.21 Å². The van der Waals surface area contributed by atoms with Crippen LogP contribution >= 0.6 is 22.9 Å². The topological polar surface area (TPSA) is 49.4 Å². The molecule has 0 amide bonds. The van der Waals surface area contributed by atoms with Crippen molar-refractivity contribution in [2.45, 2.75) is 17.2 Å². The zero-order chi connectivity index (χ0) is 12.9. The second-order valence-electron chi connectivity index (χ2n) is 4.96. The van der Waals surface area contributed by atoms with E-state index in [0.29, 0.717) is 26.9 Å². The number of nitrogens with zero attached hydrogens (tertiary/aromatic N) is 1. The van der Waals surface area contributed by atoms with Crippen molar-refractivity contribution < 1.29 is 8.42 Å². The number of nitrogens with one attached hydrogen (secondary N) is 1. The molecule has 0 saturated carbocycles. The van der Waals surface area contributed by atoms with Crippen LogP contribution in [0, 0.1) is 11.8 Å². The van der Waals surface area contributed by atoms with Gasteiger partial charge >= 0.3 is 0 Å². The SMILES string of the molecule is CC1C2CNCC2CN1S(=O)(=O)c1ccc(Cl)s1. The quantitative estimate of drug-likeness (QED) is 0.903. The molecule has 1 aromatic rings. The summed E-state index contributed by atoms with van der Waals surface area (Å²) < 4.78 is 27.6. The lowest BCUT2D eigenvalue weighted by atomic mass is 9.95. The number of hydrogen-bond donors (Lipinski definition) is 1. The molecule has 0 radical (unpaired) electrons. The monoisotopic (exact) mass is 306 g/mol. The molecule has 3 heterocycles. The summed E-state index contributed by atoms with van der Waals surface area (Å²) in [6, 6.07) is 3.31. The van der Waals surface area contributed by atoms with E-state index in [4.69, 9.17) is 11.6 Å². The van der Waals surface area contributed by atoms with Crippen molar-refractivity contribution in [2.75, 3.05) is 19.6 Å². The van der Waals surface area contributed by atoms with Crippen LogP contribution in [0.4, 0.5) is 0 Å². The minimum absolute atomic E-state index is 0.0656. The van der Waals surface area contributed by atoms with Crippen molar-refractivity contribution in [2.24, 2.45) is 11.8 Å². The van der Waals surface area contributed by atoms with E-state index in [1.807, 2.05) is 6.92 Å². The summed E-state index contributed by atoms with van der Waals surface area (Å²) in [6.45, 7) is 4.47. The molecule has 2 saturated heterocycles. The van der Waals surface area contributed by atoms with E-state index in [9.17, 15) is 8.42 Å². The molecule has 3 atom stereocenters. The molecule has 100 valence electrons. The largest absolute Gasteiger partial charge is 0.316 e. The summed E-state index contributed by atoms with van der Waals surface area (Å²) in [5.74, 6) is 0.889. The molecule has 18 heavy (non-hydrogen) atoms. The molecule has 3 rings (SSSR count). The third-order valence-corrected chi connectivity index (χ3v) is 7.64. The summed E-state index contributed by atoms with van der Waals surface area (Å²) in [5.41, 5.74) is 0. The first-order chi connectivity index (χ1) is 8.50. The highest BCUT2D eigenvalue weighted by Gasteiger charge is 2.47. The van der Waals surface area contributed by atoms with Gasteiger partial charge in [-0.25, -0.2) is 8.42 Å². The van der Waals surface area contributed by atoms with Gasteiger partial charge in [0.15, 0.2) is 0 Å². The first-order valence-corrected chi connectivity index (χ1v) is 8.61. The van der Waals surface area contributed by atoms with E-state index in [1.54, 1.807) is 16.4 Å². The number of fused-ring (bicyclic) bond motifs is 1. The smallest absolute Gasteiger partial charge is 0.252 e. The minimum Gasteiger partial charge on any atom is -0.316 e. The standard InChI is InChI=1S/C11H15ClN2O2S2/c1-7-9-5-13-4-8(9)6-14(7)18(15,16)11-3-2-10(12)17-11/h2-3,7-9,13H,4-6H2,1H3. The molecule has 0 bridgehead atoms. The van der Waals surface area contributed by atoms with Crippen LogP contribution in [0.25, 0.3) is 0 Å². The van der Waals surface area contributed by atoms with Crippen molar-refractivity contribution >= 4 is 33.0 Å². The first-order valence-electron chi connectivity index (χ1n) is 5.98. The lowest BCUT2D eigenvalue weighted by Gasteiger charge is -2.22. The third kappa shape index (κ3) is 1.91. The Morgan fingerprint density at radius 1 is 1.44 bits per heavy atom. The summed E-state index contributed by atoms with van der Waals surface area (Å²) in [5, 5.41) is 3.33. The van der Waals surface area contributed by atoms with Gasteiger partial charge in [-0.1, -0.05) is 11.6 Å². The third-order valence-electron chi connectivity index (χ3n) is 3.99. The highest BCUT2D eigenvalue weighted by molar-refractivity contribution is 7.91. The molecule has 3 unspecified atom stereocenters. The molecule has 4 nitrogen and oxygen atoms in total. The molecular formula is C11H15ClN2O2S2. The van der Waals surface area contributed by atoms with E-state index >= 15 is 0 Å². The van der Waals surface area contributed by atoms with Crippen LogP contribution in [0.5, 0.6) is 0 Å². The van der Waals surface area contributed by atoms with Crippen LogP contribution < -0.4 is 5.32 Å². The highest BCUT2D eigenvalue weighted by atomic mass is 35.5. The van der Waals surface area contributed by atoms with E-state index < -0.39 is 10.0 Å². The van der Waals surface area contributed by atoms with E-state index in [1.165, 1.54) is 0 Å². The average Bonchev–Trinajstić information content (AvgIpc) is 2.96. The lowest BCUT2D eigenvalue weighted by Crippen LogP contribution is -2.37. The van der Waals surface area contributed by atoms with Gasteiger partial charge in [-0.05, 0) is 44.0 Å². The number of halogens is 1. The molecule has 7 heteroatoms. The molecule has 1 aromatic heterocycles. The minimum atomic E-state index is -3.37. The molecule has 0 spiro atoms. The molecule has 2 aliphatic rings. The fourth-order valence-corrected chi connectivity index (χ4v) is 6.34. The van der Waals surface area contributed by atoms with Crippen molar-refractivity contribution in [1.82, 2.24) is 9.62 Å². The van der Waals surface area contributed by atoms with Crippen molar-refractivity contribution in [3.05, 3.63) is 16.5 Å². The Morgan fingerprint density at radius 2 is 2.22 bits per heavy atom. The summed E-state index contributed by atoms with van der Waals surface area (Å²) in [7, 11) is -3.37. The van der Waals surface area contributed by atoms with E-state index in [-0.39, 0.29) is 6.04 Å². The van der Waals surface area contributed by atoms with Gasteiger partial charge in [-0.15, -0.1) is 11.3 Å². The van der Waals surface area contributed by atoms with Crippen LogP contribution in [0.2, 0.25) is 4.34 Å². The number of hydrogen-bond acceptors (Lipinski definition) is 4. The number of sulfonamides is 1. The Kier molecular flexibility index (Phi) is 3.18. The summed E-state index contributed by atoms with van der Waals surface area (Å²) >= 11 is 6.96. The van der Waals surface area contributed by atoms with E-state index in [2.05, 4.69) is 5.32 Å². The van der Waals surface area contributed by atoms with Crippen LogP contribution in [0.1, 0.15) is 6.92 Å². The summed E-state index contributed by atoms with van der Waals surface area (Å²) in [6.07, 6.45) is 0. The maximum absolute atomic E-state index is 12.5. The Labute approximate surface area is 116 Å². The van der Waals surface area contributed by atoms with Gasteiger partial charge in [0.05, 0.1) is 4.34 Å². The predicted molar refractivity (Wildman–Crippen MR) is 72.5 cm³/mol. The maximum Gasteiger partial charge on any atom is 0.252 e. The van der Waals surface area contributed by atoms with Crippen LogP contribution in [0.3, 0.4) is 0 Å². The fraction of sp³-hybridized carbons (Fsp3) is 0.636. The Morgan fingerprint density at radius 3 is 2.83 bits per heavy atom. The maximum atomic E-state index is 12.5. The van der Waals surface area contributed by atoms with Crippen molar-refractivity contribution in [3.8, 4) is 0 Å². The first kappa shape index (κ1) is 12.9. The predicted octanol–water partition coefficient (Wildman–Crippen LogP) is 1.63. The van der Waals surface area contributed by atoms with Crippen LogP contribution in [-0.2, 0) is 10.0 Å². The molecule has 2 aliphatic heterocycles. The van der Waals surface area contributed by atoms with Crippen LogP contribution in [-0.4, -0.2) is 38.4 Å². The highest BCUT2D eigenvalue weighted by Crippen LogP contribution is 2.38. The number of thiophene rings is 1. The van der Waals surface area contributed by atoms with Gasteiger partial charge in [0, 0.05) is 12.6 Å². The second-order valence-corrected chi connectivity index (χ2v) is 8.79. The Balaban J connectivity index is 1.91. The Hall–Kier alpha value is -0.140. The van der Waals surface area contributed by atoms with Gasteiger partial charge in [-0.2, -0.15) is 4.31 Å². The fourth-order valence-electron chi connectivity index (χ4n) is 3.00. The molecule has 1 N–H and O–H groups in total. The van der Waals surface area contributed by atoms with Crippen LogP contribution in [0.15, 0.2) is 16.3 Å². The number of rotatable bonds is 2. The van der Waals surface area contributed by atoms with Gasteiger partial charge in [-0.3, -0.25) is 0 Å². The molecule has 0 aromatic carbocycles. The zero-order valence-corrected chi connectivity index (χ0v) is 12.4. The molecule has 2 fully saturated rings. The molecule has 0 aliphatic carbocycles. The average molecular weight is 307 g/mol. The van der Waals surface area contributed by atoms with Gasteiger partial charge < -0.3 is 5.32 Å². The van der Waals surface area contributed by atoms with E-state index in [0.717, 1.165) is 24.4 Å². The van der Waals surface area contributed by atoms with Crippen molar-refractivity contribution in [3.63, 3.8) is 0 Å². The zero-order valence-electron chi connectivity index (χ0n) is 9.97. The van der Waals surface area contributed by atoms with Gasteiger partial charge in [0.2, 0.25) is 0 Å². The van der Waals surface area contributed by atoms with Crippen molar-refractivity contribution in [1.29, 1.82) is 0 Å².